The summed E-state index contributed by atoms with van der Waals surface area (Å²) >= 11 is 0. The molecular weight excluding hydrogens is 540 g/mol. The summed E-state index contributed by atoms with van der Waals surface area (Å²) in [6.45, 7) is 11.6. The molecule has 12 heteroatoms. The number of carbonyl (C=O) groups excluding carboxylic acids is 4. The van der Waals surface area contributed by atoms with Crippen molar-refractivity contribution >= 4 is 34.7 Å². The van der Waals surface area contributed by atoms with Crippen LogP contribution in [0.4, 0.5) is 4.79 Å². The molecule has 0 saturated carbocycles. The van der Waals surface area contributed by atoms with Crippen LogP contribution < -0.4 is 10.1 Å². The summed E-state index contributed by atoms with van der Waals surface area (Å²) in [4.78, 5) is 62.7. The molecule has 0 spiro atoms. The highest BCUT2D eigenvalue weighted by molar-refractivity contribution is 5.98. The molecule has 2 saturated heterocycles. The van der Waals surface area contributed by atoms with Crippen LogP contribution in [0.1, 0.15) is 42.7 Å². The van der Waals surface area contributed by atoms with E-state index in [4.69, 9.17) is 9.47 Å². The molecule has 0 atom stereocenters. The summed E-state index contributed by atoms with van der Waals surface area (Å²) in [6, 6.07) is 7.15. The van der Waals surface area contributed by atoms with Crippen molar-refractivity contribution in [3.8, 4) is 5.75 Å². The van der Waals surface area contributed by atoms with Crippen LogP contribution in [0, 0.1) is 6.92 Å². The van der Waals surface area contributed by atoms with E-state index >= 15 is 0 Å². The highest BCUT2D eigenvalue weighted by Gasteiger charge is 2.26. The van der Waals surface area contributed by atoms with Gasteiger partial charge in [0.05, 0.1) is 18.7 Å². The third-order valence-corrected chi connectivity index (χ3v) is 7.70. The largest absolute Gasteiger partial charge is 0.483 e. The average molecular weight is 583 g/mol. The molecule has 0 unspecified atom stereocenters. The number of aryl methyl sites for hydroxylation is 1. The SMILES string of the molecule is CCCCOC(=O)N1CCN(C(=O)CNC(=O)c2cc(OCC(=O)N3CCN(CC)CC3)c3ccc(C)cc3n2)CC1. The second-order valence-electron chi connectivity index (χ2n) is 10.6. The highest BCUT2D eigenvalue weighted by Crippen LogP contribution is 2.27. The summed E-state index contributed by atoms with van der Waals surface area (Å²) in [5.41, 5.74) is 1.63. The topological polar surface area (TPSA) is 125 Å². The molecule has 12 nitrogen and oxygen atoms in total. The predicted octanol–water partition coefficient (Wildman–Crippen LogP) is 1.90. The molecule has 42 heavy (non-hydrogen) atoms. The van der Waals surface area contributed by atoms with Gasteiger partial charge in [0.2, 0.25) is 5.91 Å². The van der Waals surface area contributed by atoms with E-state index in [1.807, 2.05) is 32.0 Å². The molecule has 228 valence electrons. The van der Waals surface area contributed by atoms with E-state index in [9.17, 15) is 19.2 Å². The van der Waals surface area contributed by atoms with Crippen molar-refractivity contribution < 1.29 is 28.7 Å². The Morgan fingerprint density at radius 2 is 1.55 bits per heavy atom. The Morgan fingerprint density at radius 1 is 0.881 bits per heavy atom. The molecule has 0 radical (unpaired) electrons. The maximum absolute atomic E-state index is 13.1. The monoisotopic (exact) mass is 582 g/mol. The van der Waals surface area contributed by atoms with Crippen molar-refractivity contribution in [3.63, 3.8) is 0 Å². The fourth-order valence-electron chi connectivity index (χ4n) is 4.98. The molecule has 2 aliphatic rings. The van der Waals surface area contributed by atoms with Crippen molar-refractivity contribution in [2.75, 3.05) is 78.7 Å². The Labute approximate surface area is 246 Å². The van der Waals surface area contributed by atoms with Gasteiger partial charge in [0, 0.05) is 63.8 Å². The number of nitrogens with one attached hydrogen (secondary N) is 1. The van der Waals surface area contributed by atoms with Gasteiger partial charge in [-0.15, -0.1) is 0 Å². The average Bonchev–Trinajstić information content (AvgIpc) is 3.01. The third-order valence-electron chi connectivity index (χ3n) is 7.70. The molecule has 0 bridgehead atoms. The Balaban J connectivity index is 1.34. The van der Waals surface area contributed by atoms with Gasteiger partial charge in [-0.2, -0.15) is 0 Å². The minimum atomic E-state index is -0.517. The Bertz CT molecular complexity index is 1270. The number of benzene rings is 1. The summed E-state index contributed by atoms with van der Waals surface area (Å²) < 4.78 is 11.2. The lowest BCUT2D eigenvalue weighted by Gasteiger charge is -2.34. The Morgan fingerprint density at radius 3 is 2.24 bits per heavy atom. The normalized spacial score (nSPS) is 15.9. The minimum absolute atomic E-state index is 0.0968. The molecule has 1 N–H and O–H groups in total. The Kier molecular flexibility index (Phi) is 10.9. The van der Waals surface area contributed by atoms with Crippen molar-refractivity contribution in [2.24, 2.45) is 0 Å². The number of unbranched alkanes of at least 4 members (excludes halogenated alkanes) is 1. The molecule has 4 amide bonds. The van der Waals surface area contributed by atoms with Gasteiger partial charge in [-0.05, 0) is 37.6 Å². The summed E-state index contributed by atoms with van der Waals surface area (Å²) in [5.74, 6) is -0.478. The van der Waals surface area contributed by atoms with Gasteiger partial charge < -0.3 is 34.4 Å². The van der Waals surface area contributed by atoms with Crippen LogP contribution in [0.25, 0.3) is 10.9 Å². The number of amides is 4. The number of hydrogen-bond acceptors (Lipinski definition) is 8. The number of ether oxygens (including phenoxy) is 2. The van der Waals surface area contributed by atoms with E-state index in [1.54, 1.807) is 14.7 Å². The first-order valence-electron chi connectivity index (χ1n) is 14.8. The second-order valence-corrected chi connectivity index (χ2v) is 10.6. The first kappa shape index (κ1) is 31.0. The maximum Gasteiger partial charge on any atom is 0.409 e. The van der Waals surface area contributed by atoms with E-state index in [-0.39, 0.29) is 36.8 Å². The van der Waals surface area contributed by atoms with Crippen molar-refractivity contribution in [2.45, 2.75) is 33.6 Å². The number of hydrogen-bond donors (Lipinski definition) is 1. The molecular formula is C30H42N6O6. The highest BCUT2D eigenvalue weighted by atomic mass is 16.6. The van der Waals surface area contributed by atoms with Gasteiger partial charge in [-0.3, -0.25) is 14.4 Å². The predicted molar refractivity (Wildman–Crippen MR) is 157 cm³/mol. The van der Waals surface area contributed by atoms with Crippen molar-refractivity contribution in [1.29, 1.82) is 0 Å². The number of likely N-dealkylation sites (N-methyl/N-ethyl adjacent to an activating group) is 1. The van der Waals surface area contributed by atoms with E-state index < -0.39 is 5.91 Å². The molecule has 0 aliphatic carbocycles. The number of pyridine rings is 1. The number of carbonyl (C=O) groups is 4. The van der Waals surface area contributed by atoms with Gasteiger partial charge >= 0.3 is 6.09 Å². The lowest BCUT2D eigenvalue weighted by Crippen LogP contribution is -2.52. The fraction of sp³-hybridized carbons (Fsp3) is 0.567. The number of rotatable bonds is 10. The first-order valence-corrected chi connectivity index (χ1v) is 14.8. The van der Waals surface area contributed by atoms with Crippen LogP contribution in [0.15, 0.2) is 24.3 Å². The zero-order valence-electron chi connectivity index (χ0n) is 24.9. The number of fused-ring (bicyclic) bond motifs is 1. The van der Waals surface area contributed by atoms with Crippen molar-refractivity contribution in [1.82, 2.24) is 29.9 Å². The van der Waals surface area contributed by atoms with Crippen LogP contribution in [0.2, 0.25) is 0 Å². The Hall–Kier alpha value is -3.93. The maximum atomic E-state index is 13.1. The number of piperazine rings is 2. The summed E-state index contributed by atoms with van der Waals surface area (Å²) in [6.07, 6.45) is 1.40. The fourth-order valence-corrected chi connectivity index (χ4v) is 4.98. The second kappa shape index (κ2) is 14.8. The number of aromatic nitrogens is 1. The van der Waals surface area contributed by atoms with Crippen LogP contribution >= 0.6 is 0 Å². The molecule has 3 heterocycles. The van der Waals surface area contributed by atoms with Gasteiger partial charge in [0.1, 0.15) is 11.4 Å². The third kappa shape index (κ3) is 8.09. The van der Waals surface area contributed by atoms with Crippen molar-refractivity contribution in [3.05, 3.63) is 35.5 Å². The molecule has 4 rings (SSSR count). The smallest absolute Gasteiger partial charge is 0.409 e. The lowest BCUT2D eigenvalue weighted by molar-refractivity contribution is -0.135. The van der Waals surface area contributed by atoms with Crippen LogP contribution in [0.3, 0.4) is 0 Å². The van der Waals surface area contributed by atoms with Crippen LogP contribution in [0.5, 0.6) is 5.75 Å². The van der Waals surface area contributed by atoms with Gasteiger partial charge in [-0.25, -0.2) is 9.78 Å². The summed E-state index contributed by atoms with van der Waals surface area (Å²) in [7, 11) is 0. The van der Waals surface area contributed by atoms with E-state index in [0.717, 1.165) is 38.0 Å². The van der Waals surface area contributed by atoms with Crippen LogP contribution in [-0.4, -0.2) is 127 Å². The lowest BCUT2D eigenvalue weighted by atomic mass is 10.1. The van der Waals surface area contributed by atoms with E-state index in [1.165, 1.54) is 6.07 Å². The van der Waals surface area contributed by atoms with Crippen LogP contribution in [-0.2, 0) is 14.3 Å². The van der Waals surface area contributed by atoms with Gasteiger partial charge in [-0.1, -0.05) is 26.3 Å². The first-order chi connectivity index (χ1) is 20.3. The molecule has 2 fully saturated rings. The molecule has 2 aliphatic heterocycles. The van der Waals surface area contributed by atoms with E-state index in [0.29, 0.717) is 62.5 Å². The van der Waals surface area contributed by atoms with E-state index in [2.05, 4.69) is 22.1 Å². The number of nitrogens with zero attached hydrogens (tertiary/aromatic N) is 5. The summed E-state index contributed by atoms with van der Waals surface area (Å²) in [5, 5.41) is 3.36. The molecule has 1 aromatic heterocycles. The standard InChI is InChI=1S/C30H42N6O6/c1-4-6-17-41-30(40)36-15-13-34(14-16-36)27(37)20-31-29(39)25-19-26(23-8-7-22(3)18-24(23)32-25)42-21-28(38)35-11-9-33(5-2)10-12-35/h7-8,18-19H,4-6,9-17,20-21H2,1-3H3,(H,31,39). The zero-order chi connectivity index (χ0) is 30.1. The molecule has 1 aromatic carbocycles. The van der Waals surface area contributed by atoms with Gasteiger partial charge in [0.15, 0.2) is 6.61 Å². The zero-order valence-corrected chi connectivity index (χ0v) is 24.9. The van der Waals surface area contributed by atoms with Gasteiger partial charge in [0.25, 0.3) is 11.8 Å². The minimum Gasteiger partial charge on any atom is -0.483 e. The molecule has 2 aromatic rings. The quantitative estimate of drug-likeness (QED) is 0.422.